The van der Waals surface area contributed by atoms with Crippen LogP contribution >= 0.6 is 11.9 Å². The lowest BCUT2D eigenvalue weighted by Crippen LogP contribution is -2.30. The molecular weight excluding hydrogens is 436 g/mol. The number of hydrogen-bond acceptors (Lipinski definition) is 7. The van der Waals surface area contributed by atoms with E-state index < -0.39 is 0 Å². The Hall–Kier alpha value is -3.33. The van der Waals surface area contributed by atoms with E-state index in [1.54, 1.807) is 24.3 Å². The van der Waals surface area contributed by atoms with Crippen LogP contribution in [0.3, 0.4) is 0 Å². The normalized spacial score (nSPS) is 13.2. The van der Waals surface area contributed by atoms with E-state index in [1.165, 1.54) is 11.9 Å². The molecule has 1 unspecified atom stereocenters. The molecule has 0 saturated carbocycles. The first kappa shape index (κ1) is 22.8. The number of nitrogens with zero attached hydrogens (tertiary/aromatic N) is 1. The van der Waals surface area contributed by atoms with Gasteiger partial charge in [-0.1, -0.05) is 42.5 Å². The zero-order chi connectivity index (χ0) is 23.2. The second-order valence-corrected chi connectivity index (χ2v) is 8.88. The summed E-state index contributed by atoms with van der Waals surface area (Å²) in [6.07, 6.45) is 0. The third-order valence-electron chi connectivity index (χ3n) is 5.22. The molecule has 0 fully saturated rings. The smallest absolute Gasteiger partial charge is 0.338 e. The quantitative estimate of drug-likeness (QED) is 0.341. The fraction of sp³-hybridized carbons (Fsp3) is 0.200. The number of amides is 1. The number of anilines is 2. The van der Waals surface area contributed by atoms with Crippen molar-refractivity contribution < 1.29 is 14.3 Å². The van der Waals surface area contributed by atoms with Crippen LogP contribution in [0.2, 0.25) is 0 Å². The van der Waals surface area contributed by atoms with Gasteiger partial charge in [0.1, 0.15) is 6.61 Å². The zero-order valence-corrected chi connectivity index (χ0v) is 19.3. The minimum absolute atomic E-state index is 0.0733. The summed E-state index contributed by atoms with van der Waals surface area (Å²) < 4.78 is 5.40. The van der Waals surface area contributed by atoms with E-state index >= 15 is 0 Å². The van der Waals surface area contributed by atoms with Gasteiger partial charge in [-0.05, 0) is 67.5 Å². The fourth-order valence-corrected chi connectivity index (χ4v) is 4.20. The molecule has 3 aromatic carbocycles. The molecule has 1 aliphatic heterocycles. The number of nitrogens with one attached hydrogen (secondary N) is 3. The number of hydrogen-bond donors (Lipinski definition) is 3. The Kier molecular flexibility index (Phi) is 7.29. The van der Waals surface area contributed by atoms with E-state index in [-0.39, 0.29) is 24.4 Å². The van der Waals surface area contributed by atoms with Gasteiger partial charge in [-0.25, -0.2) is 4.79 Å². The van der Waals surface area contributed by atoms with Crippen molar-refractivity contribution in [3.8, 4) is 0 Å². The summed E-state index contributed by atoms with van der Waals surface area (Å²) in [6, 6.07) is 22.3. The highest BCUT2D eigenvalue weighted by molar-refractivity contribution is 7.98. The molecule has 1 heterocycles. The van der Waals surface area contributed by atoms with Crippen LogP contribution in [0.15, 0.2) is 77.7 Å². The van der Waals surface area contributed by atoms with Crippen LogP contribution in [0.5, 0.6) is 0 Å². The number of carbonyl (C=O) groups excluding carboxylic acids is 2. The number of fused-ring (bicyclic) bond motifs is 1. The first-order valence-corrected chi connectivity index (χ1v) is 11.4. The molecule has 33 heavy (non-hydrogen) atoms. The monoisotopic (exact) mass is 462 g/mol. The lowest BCUT2D eigenvalue weighted by Gasteiger charge is -2.21. The van der Waals surface area contributed by atoms with Crippen LogP contribution in [-0.4, -0.2) is 37.4 Å². The minimum atomic E-state index is -0.359. The van der Waals surface area contributed by atoms with Crippen LogP contribution in [0, 0.1) is 0 Å². The van der Waals surface area contributed by atoms with Gasteiger partial charge >= 0.3 is 5.97 Å². The predicted octanol–water partition coefficient (Wildman–Crippen LogP) is 4.26. The number of likely N-dealkylation sites (N-methyl/N-ethyl adjacent to an activating group) is 1. The maximum Gasteiger partial charge on any atom is 0.338 e. The number of ether oxygens (including phenoxy) is 1. The maximum atomic E-state index is 13.2. The molecule has 0 bridgehead atoms. The Balaban J connectivity index is 1.42. The summed E-state index contributed by atoms with van der Waals surface area (Å²) in [5, 5.41) is 3.04. The third kappa shape index (κ3) is 5.92. The molecule has 3 N–H and O–H groups in total. The van der Waals surface area contributed by atoms with Crippen LogP contribution < -0.4 is 15.6 Å². The molecule has 0 radical (unpaired) electrons. The second-order valence-electron chi connectivity index (χ2n) is 8.03. The summed E-state index contributed by atoms with van der Waals surface area (Å²) in [6.45, 7) is 0.740. The van der Waals surface area contributed by atoms with E-state index in [1.807, 2.05) is 67.5 Å². The van der Waals surface area contributed by atoms with E-state index in [2.05, 4.69) is 15.6 Å². The Labute approximate surface area is 197 Å². The van der Waals surface area contributed by atoms with Gasteiger partial charge in [0, 0.05) is 12.2 Å². The molecule has 4 rings (SSSR count). The van der Waals surface area contributed by atoms with Crippen LogP contribution in [-0.2, 0) is 16.1 Å². The molecule has 0 spiro atoms. The van der Waals surface area contributed by atoms with Gasteiger partial charge in [0.05, 0.1) is 22.1 Å². The molecular formula is C25H26N4O3S. The summed E-state index contributed by atoms with van der Waals surface area (Å²) in [7, 11) is 3.89. The molecule has 0 aromatic heterocycles. The average molecular weight is 463 g/mol. The van der Waals surface area contributed by atoms with Gasteiger partial charge in [0.25, 0.3) is 0 Å². The maximum absolute atomic E-state index is 13.2. The van der Waals surface area contributed by atoms with Crippen molar-refractivity contribution >= 4 is 35.2 Å². The highest BCUT2D eigenvalue weighted by atomic mass is 32.2. The van der Waals surface area contributed by atoms with Crippen molar-refractivity contribution in [3.63, 3.8) is 0 Å². The van der Waals surface area contributed by atoms with Gasteiger partial charge in [-0.15, -0.1) is 0 Å². The summed E-state index contributed by atoms with van der Waals surface area (Å²) in [5.41, 5.74) is 7.08. The van der Waals surface area contributed by atoms with E-state index in [0.29, 0.717) is 12.1 Å². The second kappa shape index (κ2) is 10.5. The fourth-order valence-electron chi connectivity index (χ4n) is 3.51. The number of hydrazine groups is 1. The van der Waals surface area contributed by atoms with Gasteiger partial charge in [0.2, 0.25) is 5.91 Å². The van der Waals surface area contributed by atoms with Gasteiger partial charge in [0.15, 0.2) is 0 Å². The summed E-state index contributed by atoms with van der Waals surface area (Å²) in [4.78, 5) is 31.3. The highest BCUT2D eigenvalue weighted by Gasteiger charge is 2.22. The molecule has 3 aromatic rings. The van der Waals surface area contributed by atoms with Crippen molar-refractivity contribution in [1.82, 2.24) is 9.73 Å². The molecule has 7 nitrogen and oxygen atoms in total. The predicted molar refractivity (Wildman–Crippen MR) is 131 cm³/mol. The van der Waals surface area contributed by atoms with Crippen molar-refractivity contribution in [2.45, 2.75) is 17.4 Å². The Bertz CT molecular complexity index is 1120. The molecule has 1 atom stereocenters. The van der Waals surface area contributed by atoms with Crippen molar-refractivity contribution in [3.05, 3.63) is 89.5 Å². The topological polar surface area (TPSA) is 82.7 Å². The molecule has 1 amide bonds. The first-order chi connectivity index (χ1) is 16.0. The Morgan fingerprint density at radius 3 is 2.52 bits per heavy atom. The third-order valence-corrected chi connectivity index (χ3v) is 5.98. The molecule has 170 valence electrons. The van der Waals surface area contributed by atoms with Crippen LogP contribution in [0.4, 0.5) is 11.4 Å². The highest BCUT2D eigenvalue weighted by Crippen LogP contribution is 2.33. The van der Waals surface area contributed by atoms with Crippen molar-refractivity contribution in [2.75, 3.05) is 31.4 Å². The number of carbonyl (C=O) groups is 2. The summed E-state index contributed by atoms with van der Waals surface area (Å²) >= 11 is 1.47. The SMILES string of the molecule is CN(C)CC(C(=O)Nc1ccc2c(c1)SNN2)c1ccc(COC(=O)c2ccccc2)cc1. The Morgan fingerprint density at radius 2 is 1.79 bits per heavy atom. The molecule has 0 saturated heterocycles. The number of esters is 1. The van der Waals surface area contributed by atoms with Crippen LogP contribution in [0.1, 0.15) is 27.4 Å². The Morgan fingerprint density at radius 1 is 1.03 bits per heavy atom. The van der Waals surface area contributed by atoms with Gasteiger partial charge < -0.3 is 20.4 Å². The van der Waals surface area contributed by atoms with E-state index in [4.69, 9.17) is 4.74 Å². The van der Waals surface area contributed by atoms with Crippen molar-refractivity contribution in [1.29, 1.82) is 0 Å². The van der Waals surface area contributed by atoms with E-state index in [0.717, 1.165) is 27.4 Å². The number of benzene rings is 3. The largest absolute Gasteiger partial charge is 0.457 e. The first-order valence-electron chi connectivity index (χ1n) is 10.6. The summed E-state index contributed by atoms with van der Waals surface area (Å²) in [5.74, 6) is -0.781. The molecule has 8 heteroatoms. The van der Waals surface area contributed by atoms with Crippen molar-refractivity contribution in [2.24, 2.45) is 0 Å². The van der Waals surface area contributed by atoms with Crippen LogP contribution in [0.25, 0.3) is 0 Å². The zero-order valence-electron chi connectivity index (χ0n) is 18.5. The minimum Gasteiger partial charge on any atom is -0.457 e. The lowest BCUT2D eigenvalue weighted by atomic mass is 9.96. The standard InChI is InChI=1S/C25H26N4O3S/c1-29(2)15-21(24(30)26-20-12-13-22-23(14-20)33-28-27-22)18-10-8-17(9-11-18)16-32-25(31)19-6-4-3-5-7-19/h3-14,21,27-28H,15-16H2,1-2H3,(H,26,30). The van der Waals surface area contributed by atoms with Gasteiger partial charge in [-0.3, -0.25) is 4.79 Å². The van der Waals surface area contributed by atoms with Gasteiger partial charge in [-0.2, -0.15) is 4.83 Å². The molecule has 1 aliphatic rings. The average Bonchev–Trinajstić information content (AvgIpc) is 3.30. The number of rotatable bonds is 8. The van der Waals surface area contributed by atoms with E-state index in [9.17, 15) is 9.59 Å². The lowest BCUT2D eigenvalue weighted by molar-refractivity contribution is -0.117. The molecule has 0 aliphatic carbocycles.